The van der Waals surface area contributed by atoms with Gasteiger partial charge in [-0.1, -0.05) is 12.1 Å². The number of halogens is 2. The third-order valence-electron chi connectivity index (χ3n) is 5.43. The second kappa shape index (κ2) is 9.78. The van der Waals surface area contributed by atoms with Crippen LogP contribution in [-0.4, -0.2) is 61.3 Å². The van der Waals surface area contributed by atoms with Gasteiger partial charge in [0, 0.05) is 55.8 Å². The highest BCUT2D eigenvalue weighted by Gasteiger charge is 2.36. The molecule has 0 aromatic heterocycles. The lowest BCUT2D eigenvalue weighted by Crippen LogP contribution is -2.54. The third kappa shape index (κ3) is 5.73. The summed E-state index contributed by atoms with van der Waals surface area (Å²) in [6, 6.07) is 6.97. The third-order valence-corrected chi connectivity index (χ3v) is 6.73. The smallest absolute Gasteiger partial charge is 0.193 e. The number of hydrogen-bond donors (Lipinski definition) is 1. The minimum atomic E-state index is -0.187. The van der Waals surface area contributed by atoms with Gasteiger partial charge in [0.25, 0.3) is 0 Å². The van der Waals surface area contributed by atoms with Crippen molar-refractivity contribution in [3.63, 3.8) is 0 Å². The van der Waals surface area contributed by atoms with Gasteiger partial charge in [0.15, 0.2) is 5.96 Å². The van der Waals surface area contributed by atoms with E-state index in [0.717, 1.165) is 57.4 Å². The zero-order chi connectivity index (χ0) is 18.6. The highest BCUT2D eigenvalue weighted by Crippen LogP contribution is 2.35. The number of benzene rings is 1. The lowest BCUT2D eigenvalue weighted by molar-refractivity contribution is 0.0511. The topological polar surface area (TPSA) is 36.9 Å². The molecule has 0 unspecified atom stereocenters. The van der Waals surface area contributed by atoms with Gasteiger partial charge in [0.1, 0.15) is 5.82 Å². The van der Waals surface area contributed by atoms with Crippen LogP contribution in [0.2, 0.25) is 0 Å². The van der Waals surface area contributed by atoms with E-state index in [4.69, 9.17) is 4.74 Å². The average molecular weight is 507 g/mol. The van der Waals surface area contributed by atoms with Crippen molar-refractivity contribution in [2.45, 2.75) is 36.9 Å². The molecule has 2 heterocycles. The van der Waals surface area contributed by atoms with Gasteiger partial charge in [-0.25, -0.2) is 4.39 Å². The SMILES string of the molecule is CN=C(NCC1(c2ccc(F)cc2)CCOCC1)N1CCSC(C)(C)C1.I. The molecular weight excluding hydrogens is 476 g/mol. The van der Waals surface area contributed by atoms with Crippen LogP contribution in [0.15, 0.2) is 29.3 Å². The summed E-state index contributed by atoms with van der Waals surface area (Å²) in [4.78, 5) is 6.89. The van der Waals surface area contributed by atoms with Gasteiger partial charge >= 0.3 is 0 Å². The van der Waals surface area contributed by atoms with Crippen LogP contribution in [-0.2, 0) is 10.2 Å². The summed E-state index contributed by atoms with van der Waals surface area (Å²) in [6.07, 6.45) is 1.87. The van der Waals surface area contributed by atoms with Crippen LogP contribution in [0.1, 0.15) is 32.3 Å². The molecule has 0 amide bonds. The van der Waals surface area contributed by atoms with E-state index in [9.17, 15) is 4.39 Å². The largest absolute Gasteiger partial charge is 0.381 e. The van der Waals surface area contributed by atoms with Crippen LogP contribution >= 0.6 is 35.7 Å². The molecule has 27 heavy (non-hydrogen) atoms. The standard InChI is InChI=1S/C20H30FN3OS.HI/c1-19(2)15-24(10-13-26-19)18(22-3)23-14-20(8-11-25-12-9-20)16-4-6-17(21)7-5-16;/h4-7H,8-15H2,1-3H3,(H,22,23);1H. The Hall–Kier alpha value is -0.540. The molecule has 0 radical (unpaired) electrons. The zero-order valence-electron chi connectivity index (χ0n) is 16.5. The summed E-state index contributed by atoms with van der Waals surface area (Å²) in [5, 5.41) is 3.62. The van der Waals surface area contributed by atoms with Gasteiger partial charge in [-0.05, 0) is 44.4 Å². The van der Waals surface area contributed by atoms with Crippen molar-refractivity contribution < 1.29 is 9.13 Å². The summed E-state index contributed by atoms with van der Waals surface area (Å²) < 4.78 is 19.2. The fraction of sp³-hybridized carbons (Fsp3) is 0.650. The van der Waals surface area contributed by atoms with Crippen LogP contribution in [0.5, 0.6) is 0 Å². The molecule has 2 aliphatic rings. The first-order valence-electron chi connectivity index (χ1n) is 9.38. The van der Waals surface area contributed by atoms with Crippen LogP contribution in [0.3, 0.4) is 0 Å². The highest BCUT2D eigenvalue weighted by molar-refractivity contribution is 14.0. The first-order chi connectivity index (χ1) is 12.4. The molecule has 2 aliphatic heterocycles. The Morgan fingerprint density at radius 1 is 1.26 bits per heavy atom. The maximum atomic E-state index is 13.4. The molecule has 1 aromatic carbocycles. The van der Waals surface area contributed by atoms with Crippen molar-refractivity contribution in [2.24, 2.45) is 4.99 Å². The second-order valence-electron chi connectivity index (χ2n) is 7.83. The molecule has 0 bridgehead atoms. The molecular formula is C20H31FIN3OS. The van der Waals surface area contributed by atoms with Gasteiger partial charge in [0.05, 0.1) is 0 Å². The Morgan fingerprint density at radius 2 is 1.93 bits per heavy atom. The minimum absolute atomic E-state index is 0. The van der Waals surface area contributed by atoms with E-state index < -0.39 is 0 Å². The number of thioether (sulfide) groups is 1. The fourth-order valence-corrected chi connectivity index (χ4v) is 5.02. The lowest BCUT2D eigenvalue weighted by Gasteiger charge is -2.42. The van der Waals surface area contributed by atoms with Crippen LogP contribution < -0.4 is 5.32 Å². The summed E-state index contributed by atoms with van der Waals surface area (Å²) in [5.74, 6) is 1.89. The summed E-state index contributed by atoms with van der Waals surface area (Å²) >= 11 is 2.02. The van der Waals surface area contributed by atoms with Crippen molar-refractivity contribution in [3.05, 3.63) is 35.6 Å². The Morgan fingerprint density at radius 3 is 2.52 bits per heavy atom. The summed E-state index contributed by atoms with van der Waals surface area (Å²) in [5.41, 5.74) is 1.14. The molecule has 0 atom stereocenters. The molecule has 3 rings (SSSR count). The van der Waals surface area contributed by atoms with Gasteiger partial charge in [-0.2, -0.15) is 11.8 Å². The second-order valence-corrected chi connectivity index (χ2v) is 9.63. The van der Waals surface area contributed by atoms with E-state index in [1.54, 1.807) is 12.1 Å². The molecule has 7 heteroatoms. The molecule has 4 nitrogen and oxygen atoms in total. The normalized spacial score (nSPS) is 22.1. The molecule has 152 valence electrons. The summed E-state index contributed by atoms with van der Waals surface area (Å²) in [7, 11) is 1.85. The van der Waals surface area contributed by atoms with Gasteiger partial charge in [0.2, 0.25) is 0 Å². The first-order valence-corrected chi connectivity index (χ1v) is 10.4. The Bertz CT molecular complexity index is 633. The number of nitrogens with one attached hydrogen (secondary N) is 1. The Labute approximate surface area is 183 Å². The van der Waals surface area contributed by atoms with Gasteiger partial charge in [-0.15, -0.1) is 24.0 Å². The molecule has 1 N–H and O–H groups in total. The van der Waals surface area contributed by atoms with Gasteiger partial charge < -0.3 is 15.0 Å². The molecule has 0 spiro atoms. The zero-order valence-corrected chi connectivity index (χ0v) is 19.6. The maximum Gasteiger partial charge on any atom is 0.193 e. The van der Waals surface area contributed by atoms with Crippen LogP contribution in [0.25, 0.3) is 0 Å². The van der Waals surface area contributed by atoms with E-state index in [2.05, 4.69) is 29.1 Å². The van der Waals surface area contributed by atoms with E-state index in [0.29, 0.717) is 0 Å². The van der Waals surface area contributed by atoms with E-state index >= 15 is 0 Å². The number of guanidine groups is 1. The first kappa shape index (κ1) is 22.7. The monoisotopic (exact) mass is 507 g/mol. The van der Waals surface area contributed by atoms with E-state index in [-0.39, 0.29) is 40.0 Å². The fourth-order valence-electron chi connectivity index (χ4n) is 3.91. The predicted octanol–water partition coefficient (Wildman–Crippen LogP) is 3.89. The number of aliphatic imine (C=N–C) groups is 1. The Kier molecular flexibility index (Phi) is 8.24. The summed E-state index contributed by atoms with van der Waals surface area (Å²) in [6.45, 7) is 8.85. The average Bonchev–Trinajstić information content (AvgIpc) is 2.63. The molecule has 1 aromatic rings. The van der Waals surface area contributed by atoms with Crippen molar-refractivity contribution in [2.75, 3.05) is 45.6 Å². The predicted molar refractivity (Wildman–Crippen MR) is 123 cm³/mol. The highest BCUT2D eigenvalue weighted by atomic mass is 127. The number of rotatable bonds is 3. The van der Waals surface area contributed by atoms with Crippen molar-refractivity contribution in [1.29, 1.82) is 0 Å². The van der Waals surface area contributed by atoms with Crippen molar-refractivity contribution in [1.82, 2.24) is 10.2 Å². The number of ether oxygens (including phenoxy) is 1. The minimum Gasteiger partial charge on any atom is -0.381 e. The van der Waals surface area contributed by atoms with Crippen LogP contribution in [0, 0.1) is 5.82 Å². The number of hydrogen-bond acceptors (Lipinski definition) is 3. The van der Waals surface area contributed by atoms with E-state index in [1.165, 1.54) is 5.56 Å². The van der Waals surface area contributed by atoms with Crippen LogP contribution in [0.4, 0.5) is 4.39 Å². The maximum absolute atomic E-state index is 13.4. The van der Waals surface area contributed by atoms with Gasteiger partial charge in [-0.3, -0.25) is 4.99 Å². The molecule has 2 fully saturated rings. The molecule has 0 aliphatic carbocycles. The van der Waals surface area contributed by atoms with E-state index in [1.807, 2.05) is 30.9 Å². The molecule has 0 saturated carbocycles. The Balaban J connectivity index is 0.00000261. The quantitative estimate of drug-likeness (QED) is 0.383. The molecule has 2 saturated heterocycles. The van der Waals surface area contributed by atoms with Crippen molar-refractivity contribution in [3.8, 4) is 0 Å². The van der Waals surface area contributed by atoms with Crippen molar-refractivity contribution >= 4 is 41.7 Å². The number of nitrogens with zero attached hydrogens (tertiary/aromatic N) is 2. The lowest BCUT2D eigenvalue weighted by atomic mass is 9.74.